The van der Waals surface area contributed by atoms with Crippen LogP contribution in [0, 0.1) is 6.92 Å². The minimum absolute atomic E-state index is 0.158. The van der Waals surface area contributed by atoms with Crippen molar-refractivity contribution < 1.29 is 9.47 Å². The van der Waals surface area contributed by atoms with Gasteiger partial charge in [-0.05, 0) is 43.7 Å². The Bertz CT molecular complexity index is 677. The van der Waals surface area contributed by atoms with Crippen molar-refractivity contribution in [3.8, 4) is 11.5 Å². The van der Waals surface area contributed by atoms with Crippen LogP contribution < -0.4 is 14.8 Å². The van der Waals surface area contributed by atoms with E-state index in [9.17, 15) is 0 Å². The van der Waals surface area contributed by atoms with E-state index in [0.29, 0.717) is 0 Å². The lowest BCUT2D eigenvalue weighted by atomic mass is 9.95. The third-order valence-electron chi connectivity index (χ3n) is 4.86. The molecule has 1 heterocycles. The third-order valence-corrected chi connectivity index (χ3v) is 4.86. The first-order valence-corrected chi connectivity index (χ1v) is 8.96. The molecule has 1 aliphatic rings. The van der Waals surface area contributed by atoms with Crippen LogP contribution >= 0.6 is 0 Å². The summed E-state index contributed by atoms with van der Waals surface area (Å²) in [7, 11) is 3.45. The number of methoxy groups -OCH3 is 2. The molecule has 0 bridgehead atoms. The van der Waals surface area contributed by atoms with E-state index in [1.807, 2.05) is 12.1 Å². The minimum atomic E-state index is 0.158. The molecule has 4 heteroatoms. The third kappa shape index (κ3) is 4.14. The zero-order chi connectivity index (χ0) is 17.6. The van der Waals surface area contributed by atoms with Crippen molar-refractivity contribution in [2.24, 2.45) is 0 Å². The fraction of sp³-hybridized carbons (Fsp3) is 0.429. The summed E-state index contributed by atoms with van der Waals surface area (Å²) >= 11 is 0. The zero-order valence-corrected chi connectivity index (χ0v) is 15.4. The fourth-order valence-electron chi connectivity index (χ4n) is 3.51. The molecule has 1 unspecified atom stereocenters. The number of ether oxygens (including phenoxy) is 2. The molecule has 25 heavy (non-hydrogen) atoms. The van der Waals surface area contributed by atoms with Gasteiger partial charge in [0.05, 0.1) is 20.3 Å². The highest BCUT2D eigenvalue weighted by Crippen LogP contribution is 2.37. The van der Waals surface area contributed by atoms with Gasteiger partial charge < -0.3 is 14.8 Å². The van der Waals surface area contributed by atoms with Gasteiger partial charge in [-0.15, -0.1) is 0 Å². The van der Waals surface area contributed by atoms with Crippen LogP contribution in [0.4, 0.5) is 0 Å². The molecule has 134 valence electrons. The Morgan fingerprint density at radius 1 is 0.960 bits per heavy atom. The van der Waals surface area contributed by atoms with E-state index in [-0.39, 0.29) is 6.04 Å². The maximum absolute atomic E-state index is 5.70. The number of hydrogen-bond donors (Lipinski definition) is 1. The zero-order valence-electron chi connectivity index (χ0n) is 15.4. The predicted octanol–water partition coefficient (Wildman–Crippen LogP) is 3.40. The minimum Gasteiger partial charge on any atom is -0.497 e. The number of benzene rings is 2. The summed E-state index contributed by atoms with van der Waals surface area (Å²) in [6, 6.07) is 15.1. The smallest absolute Gasteiger partial charge is 0.124 e. The quantitative estimate of drug-likeness (QED) is 0.904. The molecular weight excluding hydrogens is 312 g/mol. The van der Waals surface area contributed by atoms with Crippen LogP contribution in [-0.4, -0.2) is 45.3 Å². The van der Waals surface area contributed by atoms with Crippen molar-refractivity contribution >= 4 is 0 Å². The van der Waals surface area contributed by atoms with Gasteiger partial charge in [-0.1, -0.05) is 29.8 Å². The molecule has 1 aliphatic heterocycles. The summed E-state index contributed by atoms with van der Waals surface area (Å²) in [5.41, 5.74) is 3.73. The molecule has 3 rings (SSSR count). The highest BCUT2D eigenvalue weighted by molar-refractivity contribution is 5.46. The molecule has 2 aromatic carbocycles. The van der Waals surface area contributed by atoms with Gasteiger partial charge >= 0.3 is 0 Å². The number of aryl methyl sites for hydroxylation is 1. The first-order chi connectivity index (χ1) is 12.2. The van der Waals surface area contributed by atoms with Gasteiger partial charge in [-0.3, -0.25) is 4.90 Å². The molecule has 2 aromatic rings. The first-order valence-electron chi connectivity index (χ1n) is 8.96. The van der Waals surface area contributed by atoms with Gasteiger partial charge in [0, 0.05) is 25.2 Å². The van der Waals surface area contributed by atoms with Crippen LogP contribution in [0.3, 0.4) is 0 Å². The second-order valence-electron chi connectivity index (χ2n) is 6.56. The van der Waals surface area contributed by atoms with Crippen molar-refractivity contribution in [1.82, 2.24) is 10.2 Å². The van der Waals surface area contributed by atoms with Gasteiger partial charge in [0.25, 0.3) is 0 Å². The van der Waals surface area contributed by atoms with Crippen molar-refractivity contribution in [3.05, 3.63) is 59.2 Å². The summed E-state index contributed by atoms with van der Waals surface area (Å²) in [6.07, 6.45) is 1.15. The summed E-state index contributed by atoms with van der Waals surface area (Å²) < 4.78 is 11.2. The monoisotopic (exact) mass is 340 g/mol. The van der Waals surface area contributed by atoms with Crippen molar-refractivity contribution in [2.45, 2.75) is 19.4 Å². The molecule has 0 saturated carbocycles. The summed E-state index contributed by atoms with van der Waals surface area (Å²) in [5, 5.41) is 3.50. The summed E-state index contributed by atoms with van der Waals surface area (Å²) in [4.78, 5) is 2.54. The van der Waals surface area contributed by atoms with Crippen LogP contribution in [0.25, 0.3) is 0 Å². The van der Waals surface area contributed by atoms with Crippen molar-refractivity contribution in [3.63, 3.8) is 0 Å². The molecule has 1 atom stereocenters. The normalized spacial score (nSPS) is 16.9. The van der Waals surface area contributed by atoms with E-state index >= 15 is 0 Å². The van der Waals surface area contributed by atoms with Crippen molar-refractivity contribution in [1.29, 1.82) is 0 Å². The second-order valence-corrected chi connectivity index (χ2v) is 6.56. The van der Waals surface area contributed by atoms with E-state index in [4.69, 9.17) is 9.47 Å². The van der Waals surface area contributed by atoms with E-state index in [2.05, 4.69) is 47.5 Å². The van der Waals surface area contributed by atoms with Crippen LogP contribution in [0.1, 0.15) is 29.2 Å². The van der Waals surface area contributed by atoms with Crippen molar-refractivity contribution in [2.75, 3.05) is 40.4 Å². The van der Waals surface area contributed by atoms with Gasteiger partial charge in [-0.2, -0.15) is 0 Å². The molecule has 1 fully saturated rings. The lowest BCUT2D eigenvalue weighted by Crippen LogP contribution is -2.33. The number of nitrogens with one attached hydrogen (secondary N) is 1. The number of hydrogen-bond acceptors (Lipinski definition) is 4. The van der Waals surface area contributed by atoms with E-state index in [1.165, 1.54) is 11.1 Å². The first kappa shape index (κ1) is 17.8. The highest BCUT2D eigenvalue weighted by atomic mass is 16.5. The van der Waals surface area contributed by atoms with E-state index < -0.39 is 0 Å². The molecule has 0 aliphatic carbocycles. The lowest BCUT2D eigenvalue weighted by molar-refractivity contribution is 0.235. The number of rotatable bonds is 5. The Kier molecular flexibility index (Phi) is 5.95. The molecule has 0 spiro atoms. The maximum Gasteiger partial charge on any atom is 0.124 e. The van der Waals surface area contributed by atoms with Crippen LogP contribution in [0.5, 0.6) is 11.5 Å². The van der Waals surface area contributed by atoms with Crippen LogP contribution in [-0.2, 0) is 0 Å². The fourth-order valence-corrected chi connectivity index (χ4v) is 3.51. The largest absolute Gasteiger partial charge is 0.497 e. The average Bonchev–Trinajstić information content (AvgIpc) is 2.93. The Morgan fingerprint density at radius 3 is 2.48 bits per heavy atom. The average molecular weight is 340 g/mol. The van der Waals surface area contributed by atoms with Gasteiger partial charge in [-0.25, -0.2) is 0 Å². The SMILES string of the molecule is COc1ccc(OC)c(C(c2ccc(C)cc2)N2CCCNCC2)c1. The van der Waals surface area contributed by atoms with E-state index in [0.717, 1.165) is 49.7 Å². The highest BCUT2D eigenvalue weighted by Gasteiger charge is 2.26. The second kappa shape index (κ2) is 8.37. The maximum atomic E-state index is 5.70. The van der Waals surface area contributed by atoms with Gasteiger partial charge in [0.15, 0.2) is 0 Å². The lowest BCUT2D eigenvalue weighted by Gasteiger charge is -2.32. The standard InChI is InChI=1S/C21H28N2O2/c1-16-5-7-17(8-6-16)21(23-13-4-11-22-12-14-23)19-15-18(24-2)9-10-20(19)25-3/h5-10,15,21-22H,4,11-14H2,1-3H3. The molecule has 0 radical (unpaired) electrons. The molecule has 4 nitrogen and oxygen atoms in total. The molecule has 0 amide bonds. The Morgan fingerprint density at radius 2 is 1.76 bits per heavy atom. The molecular formula is C21H28N2O2. The Labute approximate surface area is 150 Å². The van der Waals surface area contributed by atoms with E-state index in [1.54, 1.807) is 14.2 Å². The topological polar surface area (TPSA) is 33.7 Å². The molecule has 1 N–H and O–H groups in total. The number of nitrogens with zero attached hydrogens (tertiary/aromatic N) is 1. The Balaban J connectivity index is 2.08. The summed E-state index contributed by atoms with van der Waals surface area (Å²) in [6.45, 7) is 6.28. The van der Waals surface area contributed by atoms with Crippen LogP contribution in [0.2, 0.25) is 0 Å². The van der Waals surface area contributed by atoms with Gasteiger partial charge in [0.1, 0.15) is 11.5 Å². The predicted molar refractivity (Wildman–Crippen MR) is 102 cm³/mol. The Hall–Kier alpha value is -2.04. The molecule has 1 saturated heterocycles. The summed E-state index contributed by atoms with van der Waals surface area (Å²) in [5.74, 6) is 1.77. The molecule has 0 aromatic heterocycles. The van der Waals surface area contributed by atoms with Crippen LogP contribution in [0.15, 0.2) is 42.5 Å². The van der Waals surface area contributed by atoms with Gasteiger partial charge in [0.2, 0.25) is 0 Å².